The first-order valence-corrected chi connectivity index (χ1v) is 10.6. The van der Waals surface area contributed by atoms with Gasteiger partial charge < -0.3 is 9.72 Å². The lowest BCUT2D eigenvalue weighted by Crippen LogP contribution is -2.11. The fourth-order valence-corrected chi connectivity index (χ4v) is 5.51. The van der Waals surface area contributed by atoms with Crippen LogP contribution in [0.25, 0.3) is 15.9 Å². The van der Waals surface area contributed by atoms with Gasteiger partial charge in [0.1, 0.15) is 22.1 Å². The summed E-state index contributed by atoms with van der Waals surface area (Å²) in [5.41, 5.74) is 1.89. The molecule has 10 heteroatoms. The third-order valence-electron chi connectivity index (χ3n) is 4.72. The molecule has 0 saturated carbocycles. The zero-order valence-electron chi connectivity index (χ0n) is 15.0. The summed E-state index contributed by atoms with van der Waals surface area (Å²) < 4.78 is 7.02. The fraction of sp³-hybridized carbons (Fsp3) is 0.278. The van der Waals surface area contributed by atoms with Crippen LogP contribution in [-0.4, -0.2) is 37.3 Å². The van der Waals surface area contributed by atoms with Crippen molar-refractivity contribution in [3.63, 3.8) is 0 Å². The number of nitrogens with zero attached hydrogens (tertiary/aromatic N) is 5. The van der Waals surface area contributed by atoms with Gasteiger partial charge in [0, 0.05) is 4.88 Å². The first-order chi connectivity index (χ1) is 13.7. The minimum absolute atomic E-state index is 0.0516. The minimum Gasteiger partial charge on any atom is -0.494 e. The summed E-state index contributed by atoms with van der Waals surface area (Å²) in [6.45, 7) is 0. The summed E-state index contributed by atoms with van der Waals surface area (Å²) in [5.74, 6) is 1.76. The third-order valence-corrected chi connectivity index (χ3v) is 6.83. The summed E-state index contributed by atoms with van der Waals surface area (Å²) in [4.78, 5) is 22.3. The highest BCUT2D eigenvalue weighted by Crippen LogP contribution is 2.35. The zero-order chi connectivity index (χ0) is 19.1. The Kier molecular flexibility index (Phi) is 4.36. The van der Waals surface area contributed by atoms with E-state index in [2.05, 4.69) is 25.5 Å². The van der Waals surface area contributed by atoms with E-state index in [0.717, 1.165) is 35.2 Å². The largest absolute Gasteiger partial charge is 0.494 e. The zero-order valence-corrected chi connectivity index (χ0v) is 16.6. The average Bonchev–Trinajstić information content (AvgIpc) is 3.41. The van der Waals surface area contributed by atoms with E-state index < -0.39 is 0 Å². The molecule has 0 saturated heterocycles. The smallest absolute Gasteiger partial charge is 0.259 e. The normalized spacial score (nSPS) is 13.2. The van der Waals surface area contributed by atoms with Crippen molar-refractivity contribution < 1.29 is 4.74 Å². The van der Waals surface area contributed by atoms with Crippen LogP contribution in [-0.2, 0) is 18.6 Å². The highest BCUT2D eigenvalue weighted by Gasteiger charge is 2.21. The van der Waals surface area contributed by atoms with Gasteiger partial charge in [-0.15, -0.1) is 16.4 Å². The first-order valence-electron chi connectivity index (χ1n) is 8.82. The SMILES string of the molecule is COc1ccccc1-n1nnnc1SCc1nc2sc3c(c2c(=O)[nH]1)CCC3. The number of H-pyrrole nitrogens is 1. The average molecular weight is 413 g/mol. The molecule has 1 aliphatic rings. The molecule has 0 aliphatic heterocycles. The number of thioether (sulfide) groups is 1. The van der Waals surface area contributed by atoms with Crippen molar-refractivity contribution in [3.8, 4) is 11.4 Å². The number of aryl methyl sites for hydroxylation is 2. The number of nitrogens with one attached hydrogen (secondary N) is 1. The molecule has 3 heterocycles. The quantitative estimate of drug-likeness (QED) is 0.503. The molecule has 28 heavy (non-hydrogen) atoms. The van der Waals surface area contributed by atoms with E-state index in [-0.39, 0.29) is 5.56 Å². The van der Waals surface area contributed by atoms with Crippen LogP contribution in [0.4, 0.5) is 0 Å². The molecule has 4 aromatic rings. The monoisotopic (exact) mass is 412 g/mol. The molecule has 0 radical (unpaired) electrons. The maximum Gasteiger partial charge on any atom is 0.259 e. The van der Waals surface area contributed by atoms with E-state index >= 15 is 0 Å². The van der Waals surface area contributed by atoms with E-state index in [0.29, 0.717) is 22.5 Å². The molecular weight excluding hydrogens is 396 g/mol. The predicted octanol–water partition coefficient (Wildman–Crippen LogP) is 2.75. The minimum atomic E-state index is -0.0516. The number of thiophene rings is 1. The number of aromatic nitrogens is 6. The second kappa shape index (κ2) is 7.02. The Morgan fingerprint density at radius 2 is 2.21 bits per heavy atom. The molecule has 1 aromatic carbocycles. The lowest BCUT2D eigenvalue weighted by Gasteiger charge is -2.08. The second-order valence-corrected chi connectivity index (χ2v) is 8.41. The van der Waals surface area contributed by atoms with Crippen molar-refractivity contribution in [3.05, 3.63) is 50.9 Å². The molecule has 0 unspecified atom stereocenters. The number of hydrogen-bond acceptors (Lipinski definition) is 8. The Morgan fingerprint density at radius 1 is 1.32 bits per heavy atom. The molecule has 8 nitrogen and oxygen atoms in total. The Balaban J connectivity index is 1.44. The second-order valence-electron chi connectivity index (χ2n) is 6.38. The fourth-order valence-electron chi connectivity index (χ4n) is 3.47. The van der Waals surface area contributed by atoms with Crippen LogP contribution in [0.1, 0.15) is 22.7 Å². The van der Waals surface area contributed by atoms with Gasteiger partial charge in [0.15, 0.2) is 0 Å². The van der Waals surface area contributed by atoms with Crippen molar-refractivity contribution in [2.75, 3.05) is 7.11 Å². The number of benzene rings is 1. The summed E-state index contributed by atoms with van der Waals surface area (Å²) in [5, 5.41) is 13.3. The number of aromatic amines is 1. The summed E-state index contributed by atoms with van der Waals surface area (Å²) in [6, 6.07) is 7.53. The van der Waals surface area contributed by atoms with Crippen molar-refractivity contribution in [2.24, 2.45) is 0 Å². The van der Waals surface area contributed by atoms with Crippen LogP contribution in [0.3, 0.4) is 0 Å². The van der Waals surface area contributed by atoms with Gasteiger partial charge in [0.2, 0.25) is 5.16 Å². The van der Waals surface area contributed by atoms with E-state index in [1.165, 1.54) is 22.2 Å². The van der Waals surface area contributed by atoms with Gasteiger partial charge in [-0.3, -0.25) is 4.79 Å². The van der Waals surface area contributed by atoms with Crippen molar-refractivity contribution in [1.29, 1.82) is 0 Å². The number of para-hydroxylation sites is 2. The highest BCUT2D eigenvalue weighted by molar-refractivity contribution is 7.98. The van der Waals surface area contributed by atoms with Crippen molar-refractivity contribution in [1.82, 2.24) is 30.2 Å². The van der Waals surface area contributed by atoms with Gasteiger partial charge >= 0.3 is 0 Å². The Labute approximate surface area is 168 Å². The standard InChI is InChI=1S/C18H16N6O2S2/c1-26-12-7-3-2-6-11(12)24-18(21-22-23-24)27-9-14-19-16(25)15-10-5-4-8-13(10)28-17(15)20-14/h2-3,6-7H,4-5,8-9H2,1H3,(H,19,20,25). The van der Waals surface area contributed by atoms with E-state index in [4.69, 9.17) is 4.74 Å². The topological polar surface area (TPSA) is 98.6 Å². The molecule has 0 bridgehead atoms. The summed E-state index contributed by atoms with van der Waals surface area (Å²) >= 11 is 3.05. The molecule has 1 N–H and O–H groups in total. The molecule has 0 fully saturated rings. The molecule has 3 aromatic heterocycles. The number of methoxy groups -OCH3 is 1. The predicted molar refractivity (Wildman–Crippen MR) is 108 cm³/mol. The lowest BCUT2D eigenvalue weighted by molar-refractivity contribution is 0.410. The molecule has 0 spiro atoms. The third kappa shape index (κ3) is 2.89. The van der Waals surface area contributed by atoms with Crippen LogP contribution in [0.5, 0.6) is 5.75 Å². The summed E-state index contributed by atoms with van der Waals surface area (Å²) in [7, 11) is 1.61. The number of ether oxygens (including phenoxy) is 1. The lowest BCUT2D eigenvalue weighted by atomic mass is 10.2. The molecule has 0 atom stereocenters. The van der Waals surface area contributed by atoms with Gasteiger partial charge in [0.05, 0.1) is 18.2 Å². The highest BCUT2D eigenvalue weighted by atomic mass is 32.2. The van der Waals surface area contributed by atoms with Gasteiger partial charge in [-0.1, -0.05) is 23.9 Å². The molecule has 142 valence electrons. The van der Waals surface area contributed by atoms with Gasteiger partial charge in [-0.25, -0.2) is 4.98 Å². The van der Waals surface area contributed by atoms with Crippen LogP contribution in [0, 0.1) is 0 Å². The number of fused-ring (bicyclic) bond motifs is 3. The van der Waals surface area contributed by atoms with Crippen molar-refractivity contribution >= 4 is 33.3 Å². The van der Waals surface area contributed by atoms with E-state index in [1.54, 1.807) is 23.1 Å². The molecule has 0 amide bonds. The van der Waals surface area contributed by atoms with Crippen LogP contribution in [0.15, 0.2) is 34.2 Å². The van der Waals surface area contributed by atoms with Gasteiger partial charge in [-0.2, -0.15) is 4.68 Å². The molecule has 1 aliphatic carbocycles. The van der Waals surface area contributed by atoms with E-state index in [1.807, 2.05) is 24.3 Å². The molecule has 5 rings (SSSR count). The first kappa shape index (κ1) is 17.4. The summed E-state index contributed by atoms with van der Waals surface area (Å²) in [6.07, 6.45) is 3.15. The van der Waals surface area contributed by atoms with Crippen LogP contribution in [0.2, 0.25) is 0 Å². The number of rotatable bonds is 5. The van der Waals surface area contributed by atoms with Crippen LogP contribution >= 0.6 is 23.1 Å². The number of hydrogen-bond donors (Lipinski definition) is 1. The van der Waals surface area contributed by atoms with E-state index in [9.17, 15) is 4.79 Å². The maximum absolute atomic E-state index is 12.6. The van der Waals surface area contributed by atoms with Gasteiger partial charge in [-0.05, 0) is 47.4 Å². The Bertz CT molecular complexity index is 1230. The van der Waals surface area contributed by atoms with Crippen LogP contribution < -0.4 is 10.3 Å². The molecular formula is C18H16N6O2S2. The Morgan fingerprint density at radius 3 is 3.11 bits per heavy atom. The Hall–Kier alpha value is -2.72. The van der Waals surface area contributed by atoms with Gasteiger partial charge in [0.25, 0.3) is 5.56 Å². The maximum atomic E-state index is 12.6. The van der Waals surface area contributed by atoms with Crippen molar-refractivity contribution in [2.45, 2.75) is 30.2 Å². The number of tetrazole rings is 1.